The highest BCUT2D eigenvalue weighted by atomic mass is 16.4. The van der Waals surface area contributed by atoms with Crippen LogP contribution in [0.3, 0.4) is 0 Å². The Hall–Kier alpha value is -1.10. The van der Waals surface area contributed by atoms with Crippen molar-refractivity contribution in [2.45, 2.75) is 32.2 Å². The Labute approximate surface area is 89.2 Å². The molecule has 3 N–H and O–H groups in total. The molecule has 1 fully saturated rings. The monoisotopic (exact) mass is 214 g/mol. The number of carboxylic acids is 1. The number of nitrogens with zero attached hydrogens (tertiary/aromatic N) is 1. The molecule has 1 saturated heterocycles. The van der Waals surface area contributed by atoms with Crippen LogP contribution >= 0.6 is 0 Å². The van der Waals surface area contributed by atoms with E-state index >= 15 is 0 Å². The van der Waals surface area contributed by atoms with E-state index < -0.39 is 12.0 Å². The first-order valence-corrected chi connectivity index (χ1v) is 5.32. The van der Waals surface area contributed by atoms with Crippen molar-refractivity contribution in [3.05, 3.63) is 0 Å². The molecule has 2 unspecified atom stereocenters. The maximum Gasteiger partial charge on any atom is 0.320 e. The quantitative estimate of drug-likeness (QED) is 0.692. The summed E-state index contributed by atoms with van der Waals surface area (Å²) in [4.78, 5) is 23.8. The molecule has 2 atom stereocenters. The van der Waals surface area contributed by atoms with Crippen LogP contribution in [0.1, 0.15) is 26.2 Å². The van der Waals surface area contributed by atoms with Crippen LogP contribution < -0.4 is 5.73 Å². The molecule has 86 valence electrons. The molecule has 0 aromatic carbocycles. The van der Waals surface area contributed by atoms with Crippen LogP contribution in [0, 0.1) is 5.92 Å². The van der Waals surface area contributed by atoms with Gasteiger partial charge in [-0.15, -0.1) is 0 Å². The molecule has 0 radical (unpaired) electrons. The van der Waals surface area contributed by atoms with E-state index in [1.54, 1.807) is 0 Å². The molecule has 1 rings (SSSR count). The summed E-state index contributed by atoms with van der Waals surface area (Å²) in [7, 11) is 0. The Kier molecular flexibility index (Phi) is 4.08. The lowest BCUT2D eigenvalue weighted by Crippen LogP contribution is -2.48. The zero-order chi connectivity index (χ0) is 11.4. The SMILES string of the molecule is CCC(C(=O)O)N1CCCC(C(N)=O)C1. The highest BCUT2D eigenvalue weighted by molar-refractivity contribution is 5.77. The summed E-state index contributed by atoms with van der Waals surface area (Å²) in [5.74, 6) is -1.32. The van der Waals surface area contributed by atoms with Gasteiger partial charge in [-0.05, 0) is 25.8 Å². The molecule has 1 aliphatic rings. The van der Waals surface area contributed by atoms with Gasteiger partial charge in [-0.1, -0.05) is 6.92 Å². The molecule has 1 amide bonds. The Balaban J connectivity index is 2.62. The lowest BCUT2D eigenvalue weighted by molar-refractivity contribution is -0.145. The first-order valence-electron chi connectivity index (χ1n) is 5.32. The maximum atomic E-state index is 11.0. The van der Waals surface area contributed by atoms with Crippen molar-refractivity contribution in [3.63, 3.8) is 0 Å². The second-order valence-electron chi connectivity index (χ2n) is 4.00. The summed E-state index contributed by atoms with van der Waals surface area (Å²) in [6.07, 6.45) is 2.18. The summed E-state index contributed by atoms with van der Waals surface area (Å²) in [5.41, 5.74) is 5.23. The molecule has 5 nitrogen and oxygen atoms in total. The number of hydrogen-bond donors (Lipinski definition) is 2. The largest absolute Gasteiger partial charge is 0.480 e. The Bertz CT molecular complexity index is 255. The fourth-order valence-corrected chi connectivity index (χ4v) is 2.11. The average Bonchev–Trinajstić information content (AvgIpc) is 2.18. The minimum absolute atomic E-state index is 0.188. The first-order chi connectivity index (χ1) is 7.06. The van der Waals surface area contributed by atoms with Gasteiger partial charge in [0.1, 0.15) is 6.04 Å². The molecule has 15 heavy (non-hydrogen) atoms. The van der Waals surface area contributed by atoms with Crippen molar-refractivity contribution in [3.8, 4) is 0 Å². The number of likely N-dealkylation sites (tertiary alicyclic amines) is 1. The van der Waals surface area contributed by atoms with E-state index in [1.807, 2.05) is 11.8 Å². The third-order valence-electron chi connectivity index (χ3n) is 2.97. The molecule has 0 bridgehead atoms. The highest BCUT2D eigenvalue weighted by Gasteiger charge is 2.30. The van der Waals surface area contributed by atoms with E-state index in [9.17, 15) is 9.59 Å². The molecular formula is C10H18N2O3. The number of carboxylic acid groups (broad SMARTS) is 1. The Morgan fingerprint density at radius 2 is 2.27 bits per heavy atom. The van der Waals surface area contributed by atoms with Crippen LogP contribution in [0.25, 0.3) is 0 Å². The molecule has 0 saturated carbocycles. The van der Waals surface area contributed by atoms with Crippen LogP contribution in [0.15, 0.2) is 0 Å². The second kappa shape index (κ2) is 5.11. The predicted octanol–water partition coefficient (Wildman–Crippen LogP) is 0.0469. The van der Waals surface area contributed by atoms with Crippen LogP contribution in [0.5, 0.6) is 0 Å². The van der Waals surface area contributed by atoms with Crippen LogP contribution in [0.4, 0.5) is 0 Å². The van der Waals surface area contributed by atoms with Crippen LogP contribution in [-0.4, -0.2) is 41.0 Å². The van der Waals surface area contributed by atoms with E-state index in [2.05, 4.69) is 0 Å². The van der Waals surface area contributed by atoms with Crippen LogP contribution in [0.2, 0.25) is 0 Å². The van der Waals surface area contributed by atoms with Gasteiger partial charge in [0.05, 0.1) is 5.92 Å². The number of amides is 1. The van der Waals surface area contributed by atoms with Gasteiger partial charge in [-0.25, -0.2) is 0 Å². The normalized spacial score (nSPS) is 24.7. The summed E-state index contributed by atoms with van der Waals surface area (Å²) in [6, 6.07) is -0.479. The molecule has 0 aliphatic carbocycles. The van der Waals surface area contributed by atoms with Crippen molar-refractivity contribution in [1.29, 1.82) is 0 Å². The minimum atomic E-state index is -0.817. The molecule has 0 aromatic rings. The molecule has 1 heterocycles. The van der Waals surface area contributed by atoms with Crippen molar-refractivity contribution < 1.29 is 14.7 Å². The number of piperidine rings is 1. The zero-order valence-corrected chi connectivity index (χ0v) is 8.98. The third-order valence-corrected chi connectivity index (χ3v) is 2.97. The van der Waals surface area contributed by atoms with Gasteiger partial charge >= 0.3 is 5.97 Å². The number of carbonyl (C=O) groups excluding carboxylic acids is 1. The van der Waals surface area contributed by atoms with Crippen LogP contribution in [-0.2, 0) is 9.59 Å². The van der Waals surface area contributed by atoms with Gasteiger partial charge in [0.25, 0.3) is 0 Å². The van der Waals surface area contributed by atoms with Gasteiger partial charge in [-0.2, -0.15) is 0 Å². The number of aliphatic carboxylic acids is 1. The molecular weight excluding hydrogens is 196 g/mol. The molecule has 0 aromatic heterocycles. The van der Waals surface area contributed by atoms with Gasteiger partial charge in [-0.3, -0.25) is 14.5 Å². The fourth-order valence-electron chi connectivity index (χ4n) is 2.11. The van der Waals surface area contributed by atoms with E-state index in [-0.39, 0.29) is 11.8 Å². The molecule has 5 heteroatoms. The number of rotatable bonds is 4. The lowest BCUT2D eigenvalue weighted by Gasteiger charge is -2.34. The number of primary amides is 1. The predicted molar refractivity (Wildman–Crippen MR) is 55.2 cm³/mol. The summed E-state index contributed by atoms with van der Waals surface area (Å²) >= 11 is 0. The van der Waals surface area contributed by atoms with Crippen molar-refractivity contribution in [1.82, 2.24) is 4.90 Å². The third kappa shape index (κ3) is 2.92. The van der Waals surface area contributed by atoms with Gasteiger partial charge in [0.15, 0.2) is 0 Å². The second-order valence-corrected chi connectivity index (χ2v) is 4.00. The Morgan fingerprint density at radius 1 is 1.60 bits per heavy atom. The molecule has 0 spiro atoms. The Morgan fingerprint density at radius 3 is 2.73 bits per heavy atom. The number of carbonyl (C=O) groups is 2. The fraction of sp³-hybridized carbons (Fsp3) is 0.800. The van der Waals surface area contributed by atoms with E-state index in [0.717, 1.165) is 19.4 Å². The van der Waals surface area contributed by atoms with Gasteiger partial charge < -0.3 is 10.8 Å². The van der Waals surface area contributed by atoms with Gasteiger partial charge in [0, 0.05) is 6.54 Å². The van der Waals surface area contributed by atoms with E-state index in [0.29, 0.717) is 13.0 Å². The summed E-state index contributed by atoms with van der Waals surface area (Å²) in [6.45, 7) is 3.07. The smallest absolute Gasteiger partial charge is 0.320 e. The summed E-state index contributed by atoms with van der Waals surface area (Å²) in [5, 5.41) is 8.99. The molecule has 1 aliphatic heterocycles. The number of hydrogen-bond acceptors (Lipinski definition) is 3. The standard InChI is InChI=1S/C10H18N2O3/c1-2-8(10(14)15)12-5-3-4-7(6-12)9(11)13/h7-8H,2-6H2,1H3,(H2,11,13)(H,14,15). The van der Waals surface area contributed by atoms with E-state index in [4.69, 9.17) is 10.8 Å². The minimum Gasteiger partial charge on any atom is -0.480 e. The van der Waals surface area contributed by atoms with Crippen molar-refractivity contribution in [2.24, 2.45) is 11.7 Å². The average molecular weight is 214 g/mol. The van der Waals surface area contributed by atoms with E-state index in [1.165, 1.54) is 0 Å². The van der Waals surface area contributed by atoms with Gasteiger partial charge in [0.2, 0.25) is 5.91 Å². The zero-order valence-electron chi connectivity index (χ0n) is 8.98. The van der Waals surface area contributed by atoms with Crippen molar-refractivity contribution >= 4 is 11.9 Å². The number of nitrogens with two attached hydrogens (primary N) is 1. The highest BCUT2D eigenvalue weighted by Crippen LogP contribution is 2.19. The lowest BCUT2D eigenvalue weighted by atomic mass is 9.95. The maximum absolute atomic E-state index is 11.0. The first kappa shape index (κ1) is 12.0. The summed E-state index contributed by atoms with van der Waals surface area (Å²) < 4.78 is 0. The topological polar surface area (TPSA) is 83.6 Å². The van der Waals surface area contributed by atoms with Crippen molar-refractivity contribution in [2.75, 3.05) is 13.1 Å².